The van der Waals surface area contributed by atoms with Crippen molar-refractivity contribution in [2.24, 2.45) is 18.2 Å². The van der Waals surface area contributed by atoms with Gasteiger partial charge in [0.15, 0.2) is 0 Å². The SMILES string of the molecule is CCC(C)(C(=O)NCc1ccnn1C)C(N)=S. The Morgan fingerprint density at radius 3 is 2.76 bits per heavy atom. The molecule has 0 saturated carbocycles. The number of nitrogens with two attached hydrogens (primary N) is 1. The van der Waals surface area contributed by atoms with Crippen molar-refractivity contribution in [1.29, 1.82) is 0 Å². The van der Waals surface area contributed by atoms with Crippen LogP contribution in [-0.2, 0) is 18.4 Å². The van der Waals surface area contributed by atoms with E-state index in [2.05, 4.69) is 10.4 Å². The van der Waals surface area contributed by atoms with E-state index in [9.17, 15) is 4.79 Å². The minimum atomic E-state index is -0.784. The second kappa shape index (κ2) is 5.27. The quantitative estimate of drug-likeness (QED) is 0.760. The van der Waals surface area contributed by atoms with Crippen LogP contribution in [0.3, 0.4) is 0 Å². The Labute approximate surface area is 106 Å². The minimum absolute atomic E-state index is 0.145. The Morgan fingerprint density at radius 1 is 1.71 bits per heavy atom. The van der Waals surface area contributed by atoms with Gasteiger partial charge < -0.3 is 11.1 Å². The average molecular weight is 254 g/mol. The van der Waals surface area contributed by atoms with Gasteiger partial charge in [0.25, 0.3) is 0 Å². The van der Waals surface area contributed by atoms with Crippen molar-refractivity contribution < 1.29 is 4.79 Å². The second-order valence-corrected chi connectivity index (χ2v) is 4.62. The molecule has 1 aromatic heterocycles. The van der Waals surface area contributed by atoms with Crippen LogP contribution in [0.5, 0.6) is 0 Å². The van der Waals surface area contributed by atoms with Crippen LogP contribution in [0.15, 0.2) is 12.3 Å². The fourth-order valence-corrected chi connectivity index (χ4v) is 1.62. The number of thiocarbonyl (C=S) groups is 1. The molecule has 94 valence electrons. The summed E-state index contributed by atoms with van der Waals surface area (Å²) in [7, 11) is 1.83. The van der Waals surface area contributed by atoms with Gasteiger partial charge in [-0.05, 0) is 19.4 Å². The first-order valence-electron chi connectivity index (χ1n) is 5.47. The van der Waals surface area contributed by atoms with E-state index in [0.29, 0.717) is 13.0 Å². The van der Waals surface area contributed by atoms with Gasteiger partial charge in [-0.3, -0.25) is 9.48 Å². The Hall–Kier alpha value is -1.43. The van der Waals surface area contributed by atoms with Gasteiger partial charge in [-0.15, -0.1) is 0 Å². The Bertz CT molecular complexity index is 429. The zero-order chi connectivity index (χ0) is 13.1. The molecule has 1 rings (SSSR count). The summed E-state index contributed by atoms with van der Waals surface area (Å²) in [6.45, 7) is 4.07. The molecule has 0 spiro atoms. The average Bonchev–Trinajstić information content (AvgIpc) is 2.70. The summed E-state index contributed by atoms with van der Waals surface area (Å²) in [6, 6.07) is 1.85. The largest absolute Gasteiger partial charge is 0.392 e. The molecule has 17 heavy (non-hydrogen) atoms. The molecule has 1 amide bonds. The van der Waals surface area contributed by atoms with Crippen LogP contribution in [0.1, 0.15) is 26.0 Å². The number of hydrogen-bond donors (Lipinski definition) is 2. The number of rotatable bonds is 5. The van der Waals surface area contributed by atoms with Crippen molar-refractivity contribution in [1.82, 2.24) is 15.1 Å². The molecule has 0 bridgehead atoms. The molecule has 0 saturated heterocycles. The molecule has 0 aliphatic heterocycles. The minimum Gasteiger partial charge on any atom is -0.392 e. The summed E-state index contributed by atoms with van der Waals surface area (Å²) >= 11 is 4.95. The number of aryl methyl sites for hydroxylation is 1. The van der Waals surface area contributed by atoms with Crippen LogP contribution < -0.4 is 11.1 Å². The van der Waals surface area contributed by atoms with Gasteiger partial charge in [0.05, 0.1) is 22.6 Å². The van der Waals surface area contributed by atoms with Crippen molar-refractivity contribution in [3.05, 3.63) is 18.0 Å². The zero-order valence-corrected chi connectivity index (χ0v) is 11.2. The highest BCUT2D eigenvalue weighted by molar-refractivity contribution is 7.80. The summed E-state index contributed by atoms with van der Waals surface area (Å²) < 4.78 is 1.71. The zero-order valence-electron chi connectivity index (χ0n) is 10.4. The van der Waals surface area contributed by atoms with Crippen LogP contribution in [0.25, 0.3) is 0 Å². The van der Waals surface area contributed by atoms with Crippen LogP contribution in [-0.4, -0.2) is 20.7 Å². The van der Waals surface area contributed by atoms with E-state index in [4.69, 9.17) is 18.0 Å². The molecule has 0 aliphatic rings. The molecule has 0 aromatic carbocycles. The summed E-state index contributed by atoms with van der Waals surface area (Å²) in [5.74, 6) is -0.145. The van der Waals surface area contributed by atoms with E-state index in [-0.39, 0.29) is 10.9 Å². The van der Waals surface area contributed by atoms with E-state index < -0.39 is 5.41 Å². The van der Waals surface area contributed by atoms with E-state index in [1.54, 1.807) is 17.8 Å². The lowest BCUT2D eigenvalue weighted by atomic mass is 9.86. The molecule has 3 N–H and O–H groups in total. The van der Waals surface area contributed by atoms with Gasteiger partial charge in [-0.2, -0.15) is 5.10 Å². The third-order valence-electron chi connectivity index (χ3n) is 3.10. The van der Waals surface area contributed by atoms with Crippen LogP contribution in [0, 0.1) is 5.41 Å². The fourth-order valence-electron chi connectivity index (χ4n) is 1.39. The Balaban J connectivity index is 2.67. The predicted octanol–water partition coefficient (Wildman–Crippen LogP) is 0.739. The topological polar surface area (TPSA) is 72.9 Å². The van der Waals surface area contributed by atoms with Gasteiger partial charge in [-0.1, -0.05) is 19.1 Å². The molecule has 0 fully saturated rings. The molecule has 5 nitrogen and oxygen atoms in total. The first-order chi connectivity index (χ1) is 7.91. The number of nitrogens with one attached hydrogen (secondary N) is 1. The summed E-state index contributed by atoms with van der Waals surface area (Å²) in [6.07, 6.45) is 2.27. The lowest BCUT2D eigenvalue weighted by molar-refractivity contribution is -0.127. The fraction of sp³-hybridized carbons (Fsp3) is 0.545. The monoisotopic (exact) mass is 254 g/mol. The first-order valence-corrected chi connectivity index (χ1v) is 5.87. The Kier molecular flexibility index (Phi) is 4.22. The van der Waals surface area contributed by atoms with Crippen LogP contribution in [0.2, 0.25) is 0 Å². The lowest BCUT2D eigenvalue weighted by Gasteiger charge is -2.25. The van der Waals surface area contributed by atoms with Crippen molar-refractivity contribution in [3.63, 3.8) is 0 Å². The molecular weight excluding hydrogens is 236 g/mol. The number of carbonyl (C=O) groups excluding carboxylic acids is 1. The van der Waals surface area contributed by atoms with Gasteiger partial charge in [-0.25, -0.2) is 0 Å². The third-order valence-corrected chi connectivity index (χ3v) is 3.56. The van der Waals surface area contributed by atoms with Gasteiger partial charge in [0, 0.05) is 13.2 Å². The number of carbonyl (C=O) groups is 1. The summed E-state index contributed by atoms with van der Waals surface area (Å²) in [4.78, 5) is 12.3. The number of aromatic nitrogens is 2. The normalized spacial score (nSPS) is 14.1. The van der Waals surface area contributed by atoms with Gasteiger partial charge in [0.2, 0.25) is 5.91 Å². The highest BCUT2D eigenvalue weighted by atomic mass is 32.1. The smallest absolute Gasteiger partial charge is 0.233 e. The van der Waals surface area contributed by atoms with Crippen LogP contribution in [0.4, 0.5) is 0 Å². The summed E-state index contributed by atoms with van der Waals surface area (Å²) in [5, 5.41) is 6.86. The standard InChI is InChI=1S/C11H18N4OS/c1-4-11(2,9(12)17)10(16)13-7-8-5-6-14-15(8)3/h5-6H,4,7H2,1-3H3,(H2,12,17)(H,13,16). The van der Waals surface area contributed by atoms with Crippen molar-refractivity contribution >= 4 is 23.1 Å². The first kappa shape index (κ1) is 13.6. The molecular formula is C11H18N4OS. The van der Waals surface area contributed by atoms with E-state index in [0.717, 1.165) is 5.69 Å². The molecule has 0 radical (unpaired) electrons. The maximum Gasteiger partial charge on any atom is 0.233 e. The van der Waals surface area contributed by atoms with Crippen molar-refractivity contribution in [2.75, 3.05) is 0 Å². The molecule has 1 unspecified atom stereocenters. The third kappa shape index (κ3) is 2.82. The second-order valence-electron chi connectivity index (χ2n) is 4.18. The number of nitrogens with zero attached hydrogens (tertiary/aromatic N) is 2. The maximum atomic E-state index is 12.0. The molecule has 6 heteroatoms. The highest BCUT2D eigenvalue weighted by Crippen LogP contribution is 2.21. The van der Waals surface area contributed by atoms with Gasteiger partial charge >= 0.3 is 0 Å². The van der Waals surface area contributed by atoms with E-state index in [1.165, 1.54) is 0 Å². The summed E-state index contributed by atoms with van der Waals surface area (Å²) in [5.41, 5.74) is 5.76. The number of hydrogen-bond acceptors (Lipinski definition) is 3. The van der Waals surface area contributed by atoms with Gasteiger partial charge in [0.1, 0.15) is 0 Å². The van der Waals surface area contributed by atoms with E-state index >= 15 is 0 Å². The highest BCUT2D eigenvalue weighted by Gasteiger charge is 2.34. The van der Waals surface area contributed by atoms with Crippen molar-refractivity contribution in [3.8, 4) is 0 Å². The van der Waals surface area contributed by atoms with Crippen molar-refractivity contribution in [2.45, 2.75) is 26.8 Å². The molecule has 1 atom stereocenters. The molecule has 0 aliphatic carbocycles. The maximum absolute atomic E-state index is 12.0. The lowest BCUT2D eigenvalue weighted by Crippen LogP contribution is -2.46. The number of amides is 1. The molecule has 1 aromatic rings. The molecule has 1 heterocycles. The predicted molar refractivity (Wildman–Crippen MR) is 70.2 cm³/mol. The Morgan fingerprint density at radius 2 is 2.35 bits per heavy atom. The van der Waals surface area contributed by atoms with Crippen LogP contribution >= 0.6 is 12.2 Å². The van der Waals surface area contributed by atoms with E-state index in [1.807, 2.05) is 20.0 Å².